The van der Waals surface area contributed by atoms with Crippen molar-refractivity contribution in [1.29, 1.82) is 0 Å². The lowest BCUT2D eigenvalue weighted by Gasteiger charge is -2.33. The van der Waals surface area contributed by atoms with Gasteiger partial charge in [-0.2, -0.15) is 0 Å². The molecule has 1 fully saturated rings. The van der Waals surface area contributed by atoms with E-state index < -0.39 is 0 Å². The number of thioether (sulfide) groups is 1. The van der Waals surface area contributed by atoms with Gasteiger partial charge in [0, 0.05) is 49.3 Å². The Balaban J connectivity index is 0.00000208. The number of likely N-dealkylation sites (tertiary alicyclic amines) is 1. The Morgan fingerprint density at radius 2 is 1.79 bits per heavy atom. The summed E-state index contributed by atoms with van der Waals surface area (Å²) in [6.45, 7) is 8.11. The first kappa shape index (κ1) is 20.1. The molecule has 1 saturated heterocycles. The third kappa shape index (κ3) is 4.50. The molecule has 0 aromatic heterocycles. The molecule has 2 heterocycles. The molecule has 0 unspecified atom stereocenters. The van der Waals surface area contributed by atoms with Crippen LogP contribution < -0.4 is 24.0 Å². The summed E-state index contributed by atoms with van der Waals surface area (Å²) in [6.07, 6.45) is 8.38. The van der Waals surface area contributed by atoms with Gasteiger partial charge < -0.3 is 28.9 Å². The van der Waals surface area contributed by atoms with Crippen molar-refractivity contribution < 1.29 is 28.6 Å². The standard InChI is InChI=1S/C19H26ClN2S.HI/c1-19(2)13-17(21-10-4-5-11-21)12-18(23-3)22(19)14-15-6-8-16(20)9-7-15;/h6-9,12H,4-5,10-11,13-14H2,1-3H3;1H/q+1;/p-1. The fourth-order valence-electron chi connectivity index (χ4n) is 3.55. The molecule has 0 radical (unpaired) electrons. The summed E-state index contributed by atoms with van der Waals surface area (Å²) >= 11 is 7.87. The zero-order valence-corrected chi connectivity index (χ0v) is 18.4. The Labute approximate surface area is 172 Å². The molecule has 2 aliphatic heterocycles. The van der Waals surface area contributed by atoms with E-state index in [1.807, 2.05) is 23.9 Å². The van der Waals surface area contributed by atoms with Gasteiger partial charge in [0.25, 0.3) is 0 Å². The van der Waals surface area contributed by atoms with Crippen molar-refractivity contribution in [3.8, 4) is 0 Å². The minimum Gasteiger partial charge on any atom is -1.00 e. The summed E-state index contributed by atoms with van der Waals surface area (Å²) in [4.78, 5) is 2.58. The number of benzene rings is 1. The zero-order chi connectivity index (χ0) is 16.4. The van der Waals surface area contributed by atoms with Gasteiger partial charge >= 0.3 is 0 Å². The van der Waals surface area contributed by atoms with E-state index in [-0.39, 0.29) is 29.5 Å². The summed E-state index contributed by atoms with van der Waals surface area (Å²) in [6, 6.07) is 8.24. The molecule has 1 aromatic rings. The van der Waals surface area contributed by atoms with Crippen molar-refractivity contribution in [2.24, 2.45) is 0 Å². The van der Waals surface area contributed by atoms with Crippen molar-refractivity contribution in [2.75, 3.05) is 19.3 Å². The molecular formula is C19H26ClIN2S. The Kier molecular flexibility index (Phi) is 7.09. The highest BCUT2D eigenvalue weighted by Gasteiger charge is 2.39. The molecule has 0 spiro atoms. The number of rotatable bonds is 3. The first-order chi connectivity index (χ1) is 11.0. The molecule has 0 bridgehead atoms. The van der Waals surface area contributed by atoms with Gasteiger partial charge in [0.1, 0.15) is 0 Å². The van der Waals surface area contributed by atoms with E-state index in [1.165, 1.54) is 42.2 Å². The van der Waals surface area contributed by atoms with Crippen LogP contribution in [0.15, 0.2) is 36.0 Å². The van der Waals surface area contributed by atoms with Gasteiger partial charge in [-0.25, -0.2) is 4.58 Å². The largest absolute Gasteiger partial charge is 1.00 e. The third-order valence-corrected chi connectivity index (χ3v) is 5.88. The second-order valence-corrected chi connectivity index (χ2v) is 8.34. The summed E-state index contributed by atoms with van der Waals surface area (Å²) in [5, 5.41) is 2.18. The van der Waals surface area contributed by atoms with Crippen LogP contribution in [-0.2, 0) is 6.54 Å². The molecule has 2 aliphatic rings. The zero-order valence-electron chi connectivity index (χ0n) is 14.7. The van der Waals surface area contributed by atoms with Crippen molar-refractivity contribution in [1.82, 2.24) is 4.90 Å². The van der Waals surface area contributed by atoms with Gasteiger partial charge in [-0.3, -0.25) is 0 Å². The van der Waals surface area contributed by atoms with Crippen LogP contribution in [0.25, 0.3) is 0 Å². The Hall–Kier alpha value is -0.200. The number of nitrogens with zero attached hydrogens (tertiary/aromatic N) is 2. The molecule has 0 saturated carbocycles. The van der Waals surface area contributed by atoms with E-state index in [0.29, 0.717) is 0 Å². The van der Waals surface area contributed by atoms with Gasteiger partial charge in [-0.05, 0) is 31.2 Å². The first-order valence-corrected chi connectivity index (χ1v) is 9.98. The van der Waals surface area contributed by atoms with Crippen LogP contribution in [0.2, 0.25) is 5.02 Å². The Bertz CT molecular complexity index is 631. The molecule has 132 valence electrons. The molecule has 5 heteroatoms. The van der Waals surface area contributed by atoms with E-state index in [9.17, 15) is 0 Å². The van der Waals surface area contributed by atoms with Crippen LogP contribution in [0.4, 0.5) is 0 Å². The van der Waals surface area contributed by atoms with Crippen LogP contribution in [0.3, 0.4) is 0 Å². The second-order valence-electron chi connectivity index (χ2n) is 7.07. The van der Waals surface area contributed by atoms with Gasteiger partial charge in [-0.15, -0.1) is 0 Å². The minimum atomic E-state index is 0. The van der Waals surface area contributed by atoms with E-state index in [2.05, 4.69) is 47.8 Å². The summed E-state index contributed by atoms with van der Waals surface area (Å²) < 4.78 is 2.54. The van der Waals surface area contributed by atoms with Gasteiger partial charge in [0.15, 0.2) is 12.1 Å². The highest BCUT2D eigenvalue weighted by atomic mass is 127. The average molecular weight is 477 g/mol. The van der Waals surface area contributed by atoms with E-state index >= 15 is 0 Å². The Morgan fingerprint density at radius 3 is 2.38 bits per heavy atom. The lowest BCUT2D eigenvalue weighted by atomic mass is 9.93. The molecule has 24 heavy (non-hydrogen) atoms. The SMILES string of the molecule is CSC1=[N+](Cc2ccc(Cl)cc2)C(C)(C)CC(N2CCCC2)=C1.[I-]. The predicted molar refractivity (Wildman–Crippen MR) is 102 cm³/mol. The molecule has 0 amide bonds. The third-order valence-electron chi connectivity index (χ3n) is 4.88. The molecule has 1 aromatic carbocycles. The summed E-state index contributed by atoms with van der Waals surface area (Å²) in [5.74, 6) is 0. The van der Waals surface area contributed by atoms with E-state index in [4.69, 9.17) is 11.6 Å². The molecule has 2 nitrogen and oxygen atoms in total. The van der Waals surface area contributed by atoms with Gasteiger partial charge in [-0.1, -0.05) is 35.5 Å². The predicted octanol–water partition coefficient (Wildman–Crippen LogP) is 1.78. The van der Waals surface area contributed by atoms with Crippen molar-refractivity contribution in [3.05, 3.63) is 46.6 Å². The first-order valence-electron chi connectivity index (χ1n) is 8.38. The number of hydrogen-bond donors (Lipinski definition) is 0. The number of hydrogen-bond acceptors (Lipinski definition) is 2. The fourth-order valence-corrected chi connectivity index (χ4v) is 4.46. The highest BCUT2D eigenvalue weighted by molar-refractivity contribution is 8.13. The van der Waals surface area contributed by atoms with Crippen LogP contribution in [0.5, 0.6) is 0 Å². The quantitative estimate of drug-likeness (QED) is 0.485. The number of halogens is 2. The maximum Gasteiger partial charge on any atom is 0.236 e. The average Bonchev–Trinajstić information content (AvgIpc) is 3.05. The second kappa shape index (κ2) is 8.45. The monoisotopic (exact) mass is 476 g/mol. The van der Waals surface area contributed by atoms with Crippen molar-refractivity contribution in [2.45, 2.75) is 45.2 Å². The Morgan fingerprint density at radius 1 is 1.17 bits per heavy atom. The maximum absolute atomic E-state index is 6.02. The minimum absolute atomic E-state index is 0. The van der Waals surface area contributed by atoms with Crippen molar-refractivity contribution >= 4 is 28.4 Å². The highest BCUT2D eigenvalue weighted by Crippen LogP contribution is 2.32. The van der Waals surface area contributed by atoms with Crippen LogP contribution >= 0.6 is 23.4 Å². The molecule has 0 aliphatic carbocycles. The molecule has 0 atom stereocenters. The summed E-state index contributed by atoms with van der Waals surface area (Å²) in [5.41, 5.74) is 2.96. The van der Waals surface area contributed by atoms with Crippen LogP contribution in [0, 0.1) is 0 Å². The summed E-state index contributed by atoms with van der Waals surface area (Å²) in [7, 11) is 0. The maximum atomic E-state index is 6.02. The topological polar surface area (TPSA) is 6.25 Å². The van der Waals surface area contributed by atoms with Crippen LogP contribution in [-0.4, -0.2) is 39.4 Å². The fraction of sp³-hybridized carbons (Fsp3) is 0.526. The van der Waals surface area contributed by atoms with E-state index in [1.54, 1.807) is 0 Å². The molecule has 3 rings (SSSR count). The van der Waals surface area contributed by atoms with E-state index in [0.717, 1.165) is 18.0 Å². The lowest BCUT2D eigenvalue weighted by molar-refractivity contribution is -0.614. The van der Waals surface area contributed by atoms with Crippen LogP contribution in [0.1, 0.15) is 38.7 Å². The van der Waals surface area contributed by atoms with Gasteiger partial charge in [0.05, 0.1) is 6.42 Å². The van der Waals surface area contributed by atoms with Crippen molar-refractivity contribution in [3.63, 3.8) is 0 Å². The normalized spacial score (nSPS) is 20.0. The lowest BCUT2D eigenvalue weighted by Crippen LogP contribution is -3.00. The van der Waals surface area contributed by atoms with Gasteiger partial charge in [0.2, 0.25) is 5.04 Å². The molecular weight excluding hydrogens is 451 g/mol. The molecule has 0 N–H and O–H groups in total. The smallest absolute Gasteiger partial charge is 0.236 e.